The van der Waals surface area contributed by atoms with Crippen molar-refractivity contribution in [1.82, 2.24) is 0 Å². The molecule has 0 fully saturated rings. The molecule has 0 heterocycles. The minimum Gasteiger partial charge on any atom is -1.00 e. The van der Waals surface area contributed by atoms with Gasteiger partial charge in [0.25, 0.3) is 0 Å². The van der Waals surface area contributed by atoms with Gasteiger partial charge in [-0.25, -0.2) is 0 Å². The maximum atomic E-state index is 7.33. The number of hydrogen-bond donors (Lipinski definition) is 8. The molecule has 0 aromatic rings. The second kappa shape index (κ2) is 10.5. The quantitative estimate of drug-likeness (QED) is 0.195. The molecule has 0 spiro atoms. The van der Waals surface area contributed by atoms with Gasteiger partial charge in [0.1, 0.15) is 0 Å². The van der Waals surface area contributed by atoms with Crippen molar-refractivity contribution in [1.29, 1.82) is 0 Å². The molecule has 0 aliphatic carbocycles. The smallest absolute Gasteiger partial charge is 1.00 e. The van der Waals surface area contributed by atoms with Crippen LogP contribution in [0.5, 0.6) is 0 Å². The molecular formula is H12BaCaO8Si2. The Balaban J connectivity index is -0.00000000970. The molecular weight excluding hydrogens is 362 g/mol. The van der Waals surface area contributed by atoms with Crippen LogP contribution in [0.25, 0.3) is 0 Å². The monoisotopic (exact) mass is 374 g/mol. The first-order valence-electron chi connectivity index (χ1n) is 1.79. The molecule has 0 saturated carbocycles. The molecule has 72 valence electrons. The van der Waals surface area contributed by atoms with Crippen LogP contribution in [-0.4, -0.2) is 143 Å². The summed E-state index contributed by atoms with van der Waals surface area (Å²) in [6.07, 6.45) is 0. The Labute approximate surface area is 146 Å². The molecule has 12 heavy (non-hydrogen) atoms. The first kappa shape index (κ1) is 24.3. The third kappa shape index (κ3) is 213. The summed E-state index contributed by atoms with van der Waals surface area (Å²) in [5.41, 5.74) is 0. The average Bonchev–Trinajstić information content (AvgIpc) is 1.12. The summed E-state index contributed by atoms with van der Waals surface area (Å²) in [7, 11) is -9.22. The van der Waals surface area contributed by atoms with E-state index in [1.807, 2.05) is 0 Å². The van der Waals surface area contributed by atoms with E-state index in [-0.39, 0.29) is 92.3 Å². The molecule has 0 aliphatic heterocycles. The van der Waals surface area contributed by atoms with Gasteiger partial charge in [0.2, 0.25) is 0 Å². The summed E-state index contributed by atoms with van der Waals surface area (Å²) in [5, 5.41) is 0. The van der Waals surface area contributed by atoms with Crippen molar-refractivity contribution >= 4 is 105 Å². The van der Waals surface area contributed by atoms with Crippen LogP contribution in [0.1, 0.15) is 5.71 Å². The van der Waals surface area contributed by atoms with E-state index in [1.54, 1.807) is 0 Å². The molecule has 8 N–H and O–H groups in total. The molecule has 0 aromatic carbocycles. The Bertz CT molecular complexity index is 73.0. The zero-order valence-corrected chi connectivity index (χ0v) is 14.6. The van der Waals surface area contributed by atoms with Crippen LogP contribution < -0.4 is 0 Å². The van der Waals surface area contributed by atoms with Crippen LogP contribution >= 0.6 is 0 Å². The Morgan fingerprint density at radius 1 is 0.583 bits per heavy atom. The van der Waals surface area contributed by atoms with E-state index in [1.165, 1.54) is 0 Å². The summed E-state index contributed by atoms with van der Waals surface area (Å²) >= 11 is 0. The van der Waals surface area contributed by atoms with Crippen LogP contribution in [0.15, 0.2) is 0 Å². The van der Waals surface area contributed by atoms with Gasteiger partial charge in [-0.05, 0) is 0 Å². The van der Waals surface area contributed by atoms with E-state index in [0.29, 0.717) is 0 Å². The maximum Gasteiger partial charge on any atom is 2.00 e. The van der Waals surface area contributed by atoms with Gasteiger partial charge in [-0.2, -0.15) is 0 Å². The first-order chi connectivity index (χ1) is 4.00. The van der Waals surface area contributed by atoms with Gasteiger partial charge in [-0.15, -0.1) is 0 Å². The summed E-state index contributed by atoms with van der Waals surface area (Å²) in [4.78, 5) is 58.6. The largest absolute Gasteiger partial charge is 2.00 e. The normalized spacial score (nSPS) is 10.0. The summed E-state index contributed by atoms with van der Waals surface area (Å²) in [5.74, 6) is 0. The van der Waals surface area contributed by atoms with Gasteiger partial charge in [-0.3, -0.25) is 0 Å². The molecule has 0 amide bonds. The molecule has 12 heteroatoms. The van der Waals surface area contributed by atoms with Crippen molar-refractivity contribution in [3.05, 3.63) is 0 Å². The molecule has 0 bridgehead atoms. The summed E-state index contributed by atoms with van der Waals surface area (Å²) in [6.45, 7) is 0. The summed E-state index contributed by atoms with van der Waals surface area (Å²) < 4.78 is 0. The van der Waals surface area contributed by atoms with Gasteiger partial charge >= 0.3 is 105 Å². The van der Waals surface area contributed by atoms with E-state index < -0.39 is 18.1 Å². The first-order valence-corrected chi connectivity index (χ1v) is 5.37. The predicted molar refractivity (Wildman–Crippen MR) is 45.2 cm³/mol. The van der Waals surface area contributed by atoms with Crippen molar-refractivity contribution in [2.24, 2.45) is 0 Å². The molecule has 0 aliphatic rings. The maximum absolute atomic E-state index is 7.33. The van der Waals surface area contributed by atoms with Crippen LogP contribution in [0.4, 0.5) is 0 Å². The van der Waals surface area contributed by atoms with Crippen molar-refractivity contribution in [2.45, 2.75) is 0 Å². The molecule has 0 radical (unpaired) electrons. The van der Waals surface area contributed by atoms with Crippen LogP contribution in [0, 0.1) is 0 Å². The molecule has 0 saturated heterocycles. The van der Waals surface area contributed by atoms with E-state index >= 15 is 0 Å². The zero-order chi connectivity index (χ0) is 9.00. The van der Waals surface area contributed by atoms with Crippen molar-refractivity contribution in [3.63, 3.8) is 0 Å². The SMILES string of the molecule is O[Si](O)(O)O.O[Si](O)(O)O.[Ba+2].[Ca+2].[H-].[H-].[H-].[H-]. The summed E-state index contributed by atoms with van der Waals surface area (Å²) in [6, 6.07) is 0. The zero-order valence-electron chi connectivity index (χ0n) is 9.99. The fourth-order valence-corrected chi connectivity index (χ4v) is 0. The molecule has 0 unspecified atom stereocenters. The topological polar surface area (TPSA) is 162 Å². The Morgan fingerprint density at radius 2 is 0.583 bits per heavy atom. The van der Waals surface area contributed by atoms with Gasteiger partial charge in [-0.1, -0.05) is 0 Å². The fraction of sp³-hybridized carbons (Fsp3) is 0. The Hall–Kier alpha value is 2.94. The molecule has 0 atom stereocenters. The van der Waals surface area contributed by atoms with Gasteiger partial charge in [0.15, 0.2) is 0 Å². The standard InChI is InChI=1S/Ba.Ca.2H4O4Si.4H/c;;2*1-5(2,3)4;;;;/h;;2*1-4H;;;;/q2*+2;;;4*-1. The van der Waals surface area contributed by atoms with E-state index in [9.17, 15) is 0 Å². The Morgan fingerprint density at radius 3 is 0.583 bits per heavy atom. The molecule has 0 aromatic heterocycles. The van der Waals surface area contributed by atoms with Crippen molar-refractivity contribution in [2.75, 3.05) is 0 Å². The van der Waals surface area contributed by atoms with E-state index in [2.05, 4.69) is 0 Å². The van der Waals surface area contributed by atoms with Crippen LogP contribution in [0.3, 0.4) is 0 Å². The predicted octanol–water partition coefficient (Wildman–Crippen LogP) is -5.53. The van der Waals surface area contributed by atoms with E-state index in [0.717, 1.165) is 0 Å². The van der Waals surface area contributed by atoms with Crippen molar-refractivity contribution < 1.29 is 44.1 Å². The number of hydrogen-bond acceptors (Lipinski definition) is 8. The third-order valence-corrected chi connectivity index (χ3v) is 0. The van der Waals surface area contributed by atoms with Gasteiger partial charge < -0.3 is 44.1 Å². The second-order valence-electron chi connectivity index (χ2n) is 1.20. The minimum absolute atomic E-state index is 0. The van der Waals surface area contributed by atoms with Gasteiger partial charge in [0.05, 0.1) is 0 Å². The minimum atomic E-state index is -4.61. The van der Waals surface area contributed by atoms with Crippen molar-refractivity contribution in [3.8, 4) is 0 Å². The third-order valence-electron chi connectivity index (χ3n) is 0. The second-order valence-corrected chi connectivity index (χ2v) is 3.60. The van der Waals surface area contributed by atoms with Crippen LogP contribution in [0.2, 0.25) is 0 Å². The molecule has 8 nitrogen and oxygen atoms in total. The van der Waals surface area contributed by atoms with Gasteiger partial charge in [0, 0.05) is 0 Å². The fourth-order valence-electron chi connectivity index (χ4n) is 0. The average molecular weight is 374 g/mol. The number of rotatable bonds is 0. The van der Waals surface area contributed by atoms with Crippen LogP contribution in [-0.2, 0) is 0 Å². The Kier molecular flexibility index (Phi) is 21.2. The molecule has 0 rings (SSSR count). The van der Waals surface area contributed by atoms with E-state index in [4.69, 9.17) is 38.4 Å².